The first-order chi connectivity index (χ1) is 9.35. The van der Waals surface area contributed by atoms with Gasteiger partial charge in [-0.25, -0.2) is 4.98 Å². The molecule has 1 unspecified atom stereocenters. The molecule has 114 valence electrons. The lowest BCUT2D eigenvalue weighted by molar-refractivity contribution is 0.0490. The zero-order valence-electron chi connectivity index (χ0n) is 13.2. The number of nitrogens with zero attached hydrogens (tertiary/aromatic N) is 1. The Morgan fingerprint density at radius 1 is 1.40 bits per heavy atom. The normalized spacial score (nSPS) is 13.4. The number of aromatic amines is 1. The maximum absolute atomic E-state index is 11.8. The first kappa shape index (κ1) is 16.9. The van der Waals surface area contributed by atoms with Gasteiger partial charge in [-0.1, -0.05) is 13.3 Å². The Kier molecular flexibility index (Phi) is 6.36. The van der Waals surface area contributed by atoms with Crippen LogP contribution < -0.4 is 10.9 Å². The Bertz CT molecular complexity index is 457. The van der Waals surface area contributed by atoms with Crippen molar-refractivity contribution in [2.75, 3.05) is 6.61 Å². The summed E-state index contributed by atoms with van der Waals surface area (Å²) >= 11 is 0. The van der Waals surface area contributed by atoms with E-state index in [0.29, 0.717) is 19.0 Å². The van der Waals surface area contributed by atoms with E-state index in [4.69, 9.17) is 4.74 Å². The molecular weight excluding hydrogens is 254 g/mol. The standard InChI is InChI=1S/C15H27N3O2/c1-6-8-12(20-7-2)14-17-11(9-13(19)18-14)10-16-15(3,4)5/h9,12,16H,6-8,10H2,1-5H3,(H,17,18,19). The monoisotopic (exact) mass is 281 g/mol. The molecule has 20 heavy (non-hydrogen) atoms. The van der Waals surface area contributed by atoms with Crippen LogP contribution in [0.4, 0.5) is 0 Å². The van der Waals surface area contributed by atoms with Gasteiger partial charge in [-0.2, -0.15) is 0 Å². The van der Waals surface area contributed by atoms with Crippen LogP contribution in [-0.4, -0.2) is 22.1 Å². The maximum atomic E-state index is 11.8. The average molecular weight is 281 g/mol. The highest BCUT2D eigenvalue weighted by Gasteiger charge is 2.15. The van der Waals surface area contributed by atoms with Crippen LogP contribution in [0, 0.1) is 0 Å². The predicted octanol–water partition coefficient (Wildman–Crippen LogP) is 2.54. The zero-order chi connectivity index (χ0) is 15.2. The van der Waals surface area contributed by atoms with E-state index < -0.39 is 0 Å². The molecular formula is C15H27N3O2. The number of ether oxygens (including phenoxy) is 1. The van der Waals surface area contributed by atoms with Gasteiger partial charge in [-0.3, -0.25) is 4.79 Å². The van der Waals surface area contributed by atoms with Crippen LogP contribution >= 0.6 is 0 Å². The molecule has 0 saturated heterocycles. The van der Waals surface area contributed by atoms with Gasteiger partial charge in [0.2, 0.25) is 0 Å². The summed E-state index contributed by atoms with van der Waals surface area (Å²) < 4.78 is 5.67. The van der Waals surface area contributed by atoms with Gasteiger partial charge in [0.25, 0.3) is 5.56 Å². The van der Waals surface area contributed by atoms with Crippen molar-refractivity contribution in [2.45, 2.75) is 65.6 Å². The summed E-state index contributed by atoms with van der Waals surface area (Å²) in [7, 11) is 0. The van der Waals surface area contributed by atoms with Crippen LogP contribution in [0.5, 0.6) is 0 Å². The molecule has 0 bridgehead atoms. The molecule has 0 amide bonds. The van der Waals surface area contributed by atoms with Crippen molar-refractivity contribution in [3.8, 4) is 0 Å². The Labute approximate surface area is 121 Å². The molecule has 1 aromatic rings. The zero-order valence-corrected chi connectivity index (χ0v) is 13.2. The summed E-state index contributed by atoms with van der Waals surface area (Å²) in [6.45, 7) is 11.5. The average Bonchev–Trinajstić information content (AvgIpc) is 2.35. The molecule has 0 spiro atoms. The third kappa shape index (κ3) is 5.84. The van der Waals surface area contributed by atoms with Crippen molar-refractivity contribution >= 4 is 0 Å². The fourth-order valence-electron chi connectivity index (χ4n) is 1.89. The summed E-state index contributed by atoms with van der Waals surface area (Å²) in [6.07, 6.45) is 1.71. The molecule has 0 radical (unpaired) electrons. The van der Waals surface area contributed by atoms with Gasteiger partial charge in [0.1, 0.15) is 11.9 Å². The minimum Gasteiger partial charge on any atom is -0.371 e. The second-order valence-electron chi connectivity index (χ2n) is 5.96. The number of H-pyrrole nitrogens is 1. The van der Waals surface area contributed by atoms with Gasteiger partial charge in [-0.15, -0.1) is 0 Å². The molecule has 1 rings (SSSR count). The SMILES string of the molecule is CCCC(OCC)c1nc(CNC(C)(C)C)cc(=O)[nH]1. The summed E-state index contributed by atoms with van der Waals surface area (Å²) in [4.78, 5) is 19.1. The smallest absolute Gasteiger partial charge is 0.251 e. The molecule has 0 aliphatic rings. The molecule has 0 aliphatic carbocycles. The summed E-state index contributed by atoms with van der Waals surface area (Å²) in [5, 5.41) is 3.34. The Balaban J connectivity index is 2.91. The van der Waals surface area contributed by atoms with Crippen molar-refractivity contribution in [3.63, 3.8) is 0 Å². The molecule has 0 aromatic carbocycles. The van der Waals surface area contributed by atoms with Gasteiger partial charge in [0.05, 0.1) is 5.69 Å². The van der Waals surface area contributed by atoms with Crippen molar-refractivity contribution in [2.24, 2.45) is 0 Å². The number of nitrogens with one attached hydrogen (secondary N) is 2. The van der Waals surface area contributed by atoms with Crippen LogP contribution in [0.3, 0.4) is 0 Å². The minimum atomic E-state index is -0.132. The minimum absolute atomic E-state index is 0.00676. The molecule has 5 nitrogen and oxygen atoms in total. The Morgan fingerprint density at radius 2 is 2.10 bits per heavy atom. The van der Waals surface area contributed by atoms with Gasteiger partial charge in [-0.05, 0) is 34.1 Å². The first-order valence-electron chi connectivity index (χ1n) is 7.32. The van der Waals surface area contributed by atoms with Crippen LogP contribution in [0.25, 0.3) is 0 Å². The van der Waals surface area contributed by atoms with E-state index >= 15 is 0 Å². The maximum Gasteiger partial charge on any atom is 0.251 e. The van der Waals surface area contributed by atoms with E-state index in [-0.39, 0.29) is 17.2 Å². The number of hydrogen-bond acceptors (Lipinski definition) is 4. The van der Waals surface area contributed by atoms with E-state index in [1.54, 1.807) is 0 Å². The van der Waals surface area contributed by atoms with Gasteiger partial charge in [0, 0.05) is 24.8 Å². The summed E-state index contributed by atoms with van der Waals surface area (Å²) in [5.74, 6) is 0.631. The van der Waals surface area contributed by atoms with E-state index in [1.807, 2.05) is 6.92 Å². The number of aromatic nitrogens is 2. The second-order valence-corrected chi connectivity index (χ2v) is 5.96. The molecule has 1 aromatic heterocycles. The van der Waals surface area contributed by atoms with E-state index in [0.717, 1.165) is 18.5 Å². The van der Waals surface area contributed by atoms with Crippen molar-refractivity contribution < 1.29 is 4.74 Å². The number of hydrogen-bond donors (Lipinski definition) is 2. The van der Waals surface area contributed by atoms with Crippen LogP contribution in [0.2, 0.25) is 0 Å². The Morgan fingerprint density at radius 3 is 2.65 bits per heavy atom. The fourth-order valence-corrected chi connectivity index (χ4v) is 1.89. The molecule has 0 saturated carbocycles. The van der Waals surface area contributed by atoms with Gasteiger partial charge in [0.15, 0.2) is 0 Å². The van der Waals surface area contributed by atoms with Gasteiger partial charge >= 0.3 is 0 Å². The van der Waals surface area contributed by atoms with Crippen molar-refractivity contribution in [3.05, 3.63) is 27.9 Å². The Hall–Kier alpha value is -1.20. The van der Waals surface area contributed by atoms with Crippen LogP contribution in [0.1, 0.15) is 65.1 Å². The lowest BCUT2D eigenvalue weighted by Gasteiger charge is -2.21. The highest BCUT2D eigenvalue weighted by Crippen LogP contribution is 2.18. The van der Waals surface area contributed by atoms with Crippen molar-refractivity contribution in [1.29, 1.82) is 0 Å². The van der Waals surface area contributed by atoms with E-state index in [9.17, 15) is 4.79 Å². The second kappa shape index (κ2) is 7.55. The molecule has 2 N–H and O–H groups in total. The van der Waals surface area contributed by atoms with Crippen LogP contribution in [0.15, 0.2) is 10.9 Å². The summed E-state index contributed by atoms with van der Waals surface area (Å²) in [6, 6.07) is 1.54. The highest BCUT2D eigenvalue weighted by molar-refractivity contribution is 5.05. The quantitative estimate of drug-likeness (QED) is 0.806. The van der Waals surface area contributed by atoms with Gasteiger partial charge < -0.3 is 15.0 Å². The van der Waals surface area contributed by atoms with Crippen LogP contribution in [-0.2, 0) is 11.3 Å². The third-order valence-electron chi connectivity index (χ3n) is 2.84. The lowest BCUT2D eigenvalue weighted by atomic mass is 10.1. The summed E-state index contributed by atoms with van der Waals surface area (Å²) in [5.41, 5.74) is 0.619. The molecule has 1 atom stereocenters. The first-order valence-corrected chi connectivity index (χ1v) is 7.32. The molecule has 0 fully saturated rings. The molecule has 1 heterocycles. The van der Waals surface area contributed by atoms with E-state index in [1.165, 1.54) is 6.07 Å². The third-order valence-corrected chi connectivity index (χ3v) is 2.84. The molecule has 5 heteroatoms. The molecule has 0 aliphatic heterocycles. The highest BCUT2D eigenvalue weighted by atomic mass is 16.5. The number of rotatable bonds is 7. The fraction of sp³-hybridized carbons (Fsp3) is 0.733. The largest absolute Gasteiger partial charge is 0.371 e. The topological polar surface area (TPSA) is 67.0 Å². The van der Waals surface area contributed by atoms with E-state index in [2.05, 4.69) is 43.0 Å². The lowest BCUT2D eigenvalue weighted by Crippen LogP contribution is -2.35. The van der Waals surface area contributed by atoms with Crippen molar-refractivity contribution in [1.82, 2.24) is 15.3 Å². The predicted molar refractivity (Wildman–Crippen MR) is 80.7 cm³/mol.